The van der Waals surface area contributed by atoms with Crippen LogP contribution in [0.3, 0.4) is 0 Å². The molecule has 1 unspecified atom stereocenters. The summed E-state index contributed by atoms with van der Waals surface area (Å²) < 4.78 is 5.99. The topological polar surface area (TPSA) is 28.4 Å². The molecule has 110 valence electrons. The summed E-state index contributed by atoms with van der Waals surface area (Å²) >= 11 is 0. The molecule has 0 radical (unpaired) electrons. The van der Waals surface area contributed by atoms with Crippen LogP contribution in [-0.4, -0.2) is 25.0 Å². The Morgan fingerprint density at radius 2 is 2.05 bits per heavy atom. The molecule has 1 aromatic carbocycles. The smallest absolute Gasteiger partial charge is 0.134 e. The number of fused-ring (bicyclic) bond motifs is 1. The van der Waals surface area contributed by atoms with Gasteiger partial charge in [-0.05, 0) is 33.5 Å². The summed E-state index contributed by atoms with van der Waals surface area (Å²) in [4.78, 5) is 2.42. The quantitative estimate of drug-likeness (QED) is 0.833. The first-order valence-corrected chi connectivity index (χ1v) is 7.51. The fourth-order valence-electron chi connectivity index (χ4n) is 2.67. The molecule has 1 aromatic heterocycles. The van der Waals surface area contributed by atoms with Crippen LogP contribution in [0.15, 0.2) is 28.7 Å². The van der Waals surface area contributed by atoms with Crippen LogP contribution in [0.2, 0.25) is 0 Å². The highest BCUT2D eigenvalue weighted by atomic mass is 16.3. The Morgan fingerprint density at radius 1 is 1.30 bits per heavy atom. The molecule has 0 saturated carbocycles. The normalized spacial score (nSPS) is 13.2. The zero-order chi connectivity index (χ0) is 14.5. The van der Waals surface area contributed by atoms with Gasteiger partial charge < -0.3 is 9.73 Å². The highest BCUT2D eigenvalue weighted by Crippen LogP contribution is 2.27. The van der Waals surface area contributed by atoms with Crippen LogP contribution in [0.1, 0.15) is 38.0 Å². The molecular formula is C17H26N2O. The van der Waals surface area contributed by atoms with Crippen molar-refractivity contribution in [1.82, 2.24) is 10.2 Å². The van der Waals surface area contributed by atoms with Gasteiger partial charge >= 0.3 is 0 Å². The van der Waals surface area contributed by atoms with E-state index in [-0.39, 0.29) is 0 Å². The number of para-hydroxylation sites is 1. The van der Waals surface area contributed by atoms with Crippen LogP contribution in [0, 0.1) is 0 Å². The number of rotatable bonds is 7. The second kappa shape index (κ2) is 6.91. The summed E-state index contributed by atoms with van der Waals surface area (Å²) in [7, 11) is 4.16. The van der Waals surface area contributed by atoms with Crippen LogP contribution >= 0.6 is 0 Å². The lowest BCUT2D eigenvalue weighted by atomic mass is 10.1. The molecule has 0 aliphatic rings. The average molecular weight is 274 g/mol. The van der Waals surface area contributed by atoms with E-state index < -0.39 is 0 Å². The van der Waals surface area contributed by atoms with E-state index in [1.807, 2.05) is 19.2 Å². The van der Waals surface area contributed by atoms with Crippen LogP contribution in [0.4, 0.5) is 0 Å². The maximum Gasteiger partial charge on any atom is 0.134 e. The van der Waals surface area contributed by atoms with E-state index in [1.165, 1.54) is 23.8 Å². The van der Waals surface area contributed by atoms with E-state index in [0.717, 1.165) is 24.4 Å². The molecule has 0 aliphatic carbocycles. The van der Waals surface area contributed by atoms with Crippen molar-refractivity contribution in [2.24, 2.45) is 0 Å². The summed E-state index contributed by atoms with van der Waals surface area (Å²) in [6.07, 6.45) is 2.45. The number of furan rings is 1. The molecule has 1 atom stereocenters. The SMILES string of the molecule is CCCC(C)N(C)Cc1c(CNC)oc2ccccc12. The average Bonchev–Trinajstić information content (AvgIpc) is 2.78. The van der Waals surface area contributed by atoms with Crippen LogP contribution < -0.4 is 5.32 Å². The second-order valence-electron chi connectivity index (χ2n) is 5.58. The number of nitrogens with one attached hydrogen (secondary N) is 1. The molecular weight excluding hydrogens is 248 g/mol. The van der Waals surface area contributed by atoms with Crippen molar-refractivity contribution >= 4 is 11.0 Å². The minimum absolute atomic E-state index is 0.594. The molecule has 0 amide bonds. The van der Waals surface area contributed by atoms with Gasteiger partial charge in [0.15, 0.2) is 0 Å². The molecule has 3 heteroatoms. The standard InChI is InChI=1S/C17H26N2O/c1-5-8-13(2)19(4)12-15-14-9-6-7-10-16(14)20-17(15)11-18-3/h6-7,9-10,13,18H,5,8,11-12H2,1-4H3. The third-order valence-electron chi connectivity index (χ3n) is 3.99. The Labute approximate surface area is 122 Å². The minimum atomic E-state index is 0.594. The Bertz CT molecular complexity index is 547. The third-order valence-corrected chi connectivity index (χ3v) is 3.99. The van der Waals surface area contributed by atoms with Crippen LogP contribution in [-0.2, 0) is 13.1 Å². The van der Waals surface area contributed by atoms with Crippen LogP contribution in [0.5, 0.6) is 0 Å². The molecule has 2 aromatic rings. The summed E-state index contributed by atoms with van der Waals surface area (Å²) in [5.74, 6) is 1.06. The fraction of sp³-hybridized carbons (Fsp3) is 0.529. The predicted molar refractivity (Wildman–Crippen MR) is 84.8 cm³/mol. The Morgan fingerprint density at radius 3 is 2.75 bits per heavy atom. The van der Waals surface area contributed by atoms with E-state index in [1.54, 1.807) is 0 Å². The molecule has 0 saturated heterocycles. The van der Waals surface area contributed by atoms with Gasteiger partial charge in [0.05, 0.1) is 6.54 Å². The lowest BCUT2D eigenvalue weighted by molar-refractivity contribution is 0.235. The first-order chi connectivity index (χ1) is 9.67. The molecule has 0 fully saturated rings. The second-order valence-corrected chi connectivity index (χ2v) is 5.58. The number of benzene rings is 1. The third kappa shape index (κ3) is 3.22. The molecule has 0 bridgehead atoms. The number of nitrogens with zero attached hydrogens (tertiary/aromatic N) is 1. The van der Waals surface area contributed by atoms with Gasteiger partial charge in [0.2, 0.25) is 0 Å². The van der Waals surface area contributed by atoms with Gasteiger partial charge in [-0.15, -0.1) is 0 Å². The van der Waals surface area contributed by atoms with Gasteiger partial charge in [0.25, 0.3) is 0 Å². The maximum absolute atomic E-state index is 5.99. The summed E-state index contributed by atoms with van der Waals surface area (Å²) in [6.45, 7) is 6.25. The highest BCUT2D eigenvalue weighted by Gasteiger charge is 2.17. The van der Waals surface area contributed by atoms with Crippen molar-refractivity contribution in [3.63, 3.8) is 0 Å². The van der Waals surface area contributed by atoms with E-state index in [2.05, 4.69) is 43.2 Å². The van der Waals surface area contributed by atoms with Gasteiger partial charge in [-0.1, -0.05) is 31.5 Å². The Kier molecular flexibility index (Phi) is 5.21. The molecule has 3 nitrogen and oxygen atoms in total. The highest BCUT2D eigenvalue weighted by molar-refractivity contribution is 5.82. The zero-order valence-corrected chi connectivity index (χ0v) is 13.1. The zero-order valence-electron chi connectivity index (χ0n) is 13.1. The number of hydrogen-bond donors (Lipinski definition) is 1. The maximum atomic E-state index is 5.99. The van der Waals surface area contributed by atoms with E-state index in [4.69, 9.17) is 4.42 Å². The molecule has 0 spiro atoms. The van der Waals surface area contributed by atoms with Crippen molar-refractivity contribution in [2.45, 2.75) is 45.8 Å². The van der Waals surface area contributed by atoms with Gasteiger partial charge in [-0.2, -0.15) is 0 Å². The van der Waals surface area contributed by atoms with E-state index in [0.29, 0.717) is 6.04 Å². The van der Waals surface area contributed by atoms with Crippen molar-refractivity contribution < 1.29 is 4.42 Å². The number of hydrogen-bond acceptors (Lipinski definition) is 3. The van der Waals surface area contributed by atoms with Crippen molar-refractivity contribution in [2.75, 3.05) is 14.1 Å². The summed E-state index contributed by atoms with van der Waals surface area (Å²) in [5, 5.41) is 4.44. The van der Waals surface area contributed by atoms with E-state index in [9.17, 15) is 0 Å². The lowest BCUT2D eigenvalue weighted by Crippen LogP contribution is -2.28. The Hall–Kier alpha value is -1.32. The van der Waals surface area contributed by atoms with Gasteiger partial charge in [-0.3, -0.25) is 4.90 Å². The van der Waals surface area contributed by atoms with Gasteiger partial charge in [-0.25, -0.2) is 0 Å². The first kappa shape index (κ1) is 15.1. The monoisotopic (exact) mass is 274 g/mol. The molecule has 1 heterocycles. The molecule has 0 aliphatic heterocycles. The summed E-state index contributed by atoms with van der Waals surface area (Å²) in [5.41, 5.74) is 2.31. The molecule has 1 N–H and O–H groups in total. The lowest BCUT2D eigenvalue weighted by Gasteiger charge is -2.24. The van der Waals surface area contributed by atoms with Crippen molar-refractivity contribution in [3.8, 4) is 0 Å². The van der Waals surface area contributed by atoms with E-state index >= 15 is 0 Å². The first-order valence-electron chi connectivity index (χ1n) is 7.51. The van der Waals surface area contributed by atoms with Gasteiger partial charge in [0.1, 0.15) is 11.3 Å². The van der Waals surface area contributed by atoms with Crippen molar-refractivity contribution in [3.05, 3.63) is 35.6 Å². The van der Waals surface area contributed by atoms with Gasteiger partial charge in [0, 0.05) is 23.5 Å². The molecule has 2 rings (SSSR count). The summed E-state index contributed by atoms with van der Waals surface area (Å²) in [6, 6.07) is 8.91. The van der Waals surface area contributed by atoms with Crippen LogP contribution in [0.25, 0.3) is 11.0 Å². The molecule has 20 heavy (non-hydrogen) atoms. The Balaban J connectivity index is 2.29. The fourth-order valence-corrected chi connectivity index (χ4v) is 2.67. The minimum Gasteiger partial charge on any atom is -0.459 e. The largest absolute Gasteiger partial charge is 0.459 e. The predicted octanol–water partition coefficient (Wildman–Crippen LogP) is 3.77. The van der Waals surface area contributed by atoms with Crippen molar-refractivity contribution in [1.29, 1.82) is 0 Å².